The van der Waals surface area contributed by atoms with Gasteiger partial charge in [0, 0.05) is 16.1 Å². The molecule has 20 heavy (non-hydrogen) atoms. The van der Waals surface area contributed by atoms with Crippen LogP contribution in [0.5, 0.6) is 0 Å². The lowest BCUT2D eigenvalue weighted by molar-refractivity contribution is 0.588. The van der Waals surface area contributed by atoms with E-state index in [-0.39, 0.29) is 0 Å². The maximum Gasteiger partial charge on any atom is 0.227 e. The number of hydrogen-bond donors (Lipinski definition) is 0. The molecule has 0 spiro atoms. The van der Waals surface area contributed by atoms with Crippen molar-refractivity contribution in [2.24, 2.45) is 0 Å². The van der Waals surface area contributed by atoms with E-state index in [2.05, 4.69) is 4.98 Å². The fraction of sp³-hybridized carbons (Fsp3) is 0.0625. The minimum atomic E-state index is 0.307. The van der Waals surface area contributed by atoms with Crippen molar-refractivity contribution in [1.29, 1.82) is 0 Å². The number of oxazole rings is 1. The zero-order valence-corrected chi connectivity index (χ0v) is 12.0. The summed E-state index contributed by atoms with van der Waals surface area (Å²) in [7, 11) is 0. The number of alkyl halides is 1. The highest BCUT2D eigenvalue weighted by atomic mass is 35.5. The van der Waals surface area contributed by atoms with Crippen LogP contribution in [0.1, 0.15) is 5.69 Å². The molecule has 3 rings (SSSR count). The molecule has 0 saturated heterocycles. The third-order valence-electron chi connectivity index (χ3n) is 2.95. The molecule has 0 bridgehead atoms. The summed E-state index contributed by atoms with van der Waals surface area (Å²) >= 11 is 11.9. The van der Waals surface area contributed by atoms with Gasteiger partial charge in [-0.2, -0.15) is 0 Å². The average molecular weight is 304 g/mol. The Hall–Kier alpha value is -1.77. The Bertz CT molecular complexity index is 705. The van der Waals surface area contributed by atoms with Gasteiger partial charge in [-0.15, -0.1) is 11.6 Å². The average Bonchev–Trinajstić information content (AvgIpc) is 2.93. The topological polar surface area (TPSA) is 26.0 Å². The molecule has 0 N–H and O–H groups in total. The van der Waals surface area contributed by atoms with Crippen molar-refractivity contribution >= 4 is 23.2 Å². The zero-order valence-electron chi connectivity index (χ0n) is 10.5. The minimum absolute atomic E-state index is 0.307. The predicted molar refractivity (Wildman–Crippen MR) is 81.9 cm³/mol. The molecule has 0 radical (unpaired) electrons. The molecule has 2 aromatic carbocycles. The zero-order chi connectivity index (χ0) is 13.9. The lowest BCUT2D eigenvalue weighted by Crippen LogP contribution is -1.82. The monoisotopic (exact) mass is 303 g/mol. The van der Waals surface area contributed by atoms with Crippen LogP contribution in [0.4, 0.5) is 0 Å². The molecule has 0 atom stereocenters. The highest BCUT2D eigenvalue weighted by Crippen LogP contribution is 2.31. The van der Waals surface area contributed by atoms with Crippen LogP contribution in [0, 0.1) is 0 Å². The number of aromatic nitrogens is 1. The maximum absolute atomic E-state index is 5.96. The van der Waals surface area contributed by atoms with Gasteiger partial charge in [-0.1, -0.05) is 41.9 Å². The number of benzene rings is 2. The van der Waals surface area contributed by atoms with Crippen LogP contribution in [0.3, 0.4) is 0 Å². The summed E-state index contributed by atoms with van der Waals surface area (Å²) in [6.45, 7) is 0. The van der Waals surface area contributed by atoms with E-state index in [1.54, 1.807) is 0 Å². The SMILES string of the molecule is ClCc1nc(-c2ccc(Cl)cc2)oc1-c1ccccc1. The van der Waals surface area contributed by atoms with E-state index in [4.69, 9.17) is 27.6 Å². The summed E-state index contributed by atoms with van der Waals surface area (Å²) < 4.78 is 5.88. The number of halogens is 2. The van der Waals surface area contributed by atoms with E-state index in [0.29, 0.717) is 22.6 Å². The van der Waals surface area contributed by atoms with E-state index in [0.717, 1.165) is 16.8 Å². The van der Waals surface area contributed by atoms with Crippen LogP contribution in [-0.4, -0.2) is 4.98 Å². The largest absolute Gasteiger partial charge is 0.436 e. The molecular weight excluding hydrogens is 293 g/mol. The second-order valence-electron chi connectivity index (χ2n) is 4.30. The molecular formula is C16H11Cl2NO. The van der Waals surface area contributed by atoms with E-state index in [9.17, 15) is 0 Å². The second kappa shape index (κ2) is 5.70. The summed E-state index contributed by atoms with van der Waals surface area (Å²) in [5.74, 6) is 1.57. The molecule has 2 nitrogen and oxygen atoms in total. The lowest BCUT2D eigenvalue weighted by atomic mass is 10.1. The normalized spacial score (nSPS) is 10.7. The summed E-state index contributed by atoms with van der Waals surface area (Å²) in [4.78, 5) is 4.46. The first-order valence-electron chi connectivity index (χ1n) is 6.15. The first kappa shape index (κ1) is 13.2. The van der Waals surface area contributed by atoms with Crippen molar-refractivity contribution in [2.45, 2.75) is 5.88 Å². The maximum atomic E-state index is 5.96. The van der Waals surface area contributed by atoms with Gasteiger partial charge >= 0.3 is 0 Å². The summed E-state index contributed by atoms with van der Waals surface area (Å²) in [6.07, 6.45) is 0. The fourth-order valence-corrected chi connectivity index (χ4v) is 2.28. The van der Waals surface area contributed by atoms with Gasteiger partial charge in [-0.25, -0.2) is 4.98 Å². The Balaban J connectivity index is 2.07. The van der Waals surface area contributed by atoms with Gasteiger partial charge in [0.05, 0.1) is 5.88 Å². The van der Waals surface area contributed by atoms with E-state index >= 15 is 0 Å². The van der Waals surface area contributed by atoms with E-state index < -0.39 is 0 Å². The molecule has 0 fully saturated rings. The summed E-state index contributed by atoms with van der Waals surface area (Å²) in [5, 5.41) is 0.682. The molecule has 0 unspecified atom stereocenters. The Morgan fingerprint density at radius 2 is 1.60 bits per heavy atom. The third kappa shape index (κ3) is 2.58. The fourth-order valence-electron chi connectivity index (χ4n) is 1.97. The van der Waals surface area contributed by atoms with Crippen LogP contribution in [0.25, 0.3) is 22.8 Å². The van der Waals surface area contributed by atoms with Crippen molar-refractivity contribution in [2.75, 3.05) is 0 Å². The Kier molecular flexibility index (Phi) is 3.77. The summed E-state index contributed by atoms with van der Waals surface area (Å²) in [6, 6.07) is 17.2. The Morgan fingerprint density at radius 3 is 2.25 bits per heavy atom. The molecule has 0 aliphatic rings. The first-order valence-corrected chi connectivity index (χ1v) is 7.06. The van der Waals surface area contributed by atoms with Gasteiger partial charge in [-0.3, -0.25) is 0 Å². The molecule has 0 aliphatic carbocycles. The number of rotatable bonds is 3. The smallest absolute Gasteiger partial charge is 0.227 e. The van der Waals surface area contributed by atoms with Crippen molar-refractivity contribution in [3.8, 4) is 22.8 Å². The van der Waals surface area contributed by atoms with Crippen LogP contribution in [0.2, 0.25) is 5.02 Å². The number of hydrogen-bond acceptors (Lipinski definition) is 2. The standard InChI is InChI=1S/C16H11Cl2NO/c17-10-14-15(11-4-2-1-3-5-11)20-16(19-14)12-6-8-13(18)9-7-12/h1-9H,10H2. The van der Waals surface area contributed by atoms with Crippen molar-refractivity contribution in [3.05, 3.63) is 65.3 Å². The third-order valence-corrected chi connectivity index (χ3v) is 3.46. The van der Waals surface area contributed by atoms with Gasteiger partial charge in [-0.05, 0) is 24.3 Å². The van der Waals surface area contributed by atoms with Gasteiger partial charge in [0.1, 0.15) is 5.69 Å². The molecule has 1 aromatic heterocycles. The highest BCUT2D eigenvalue weighted by molar-refractivity contribution is 6.30. The van der Waals surface area contributed by atoms with Crippen molar-refractivity contribution in [1.82, 2.24) is 4.98 Å². The van der Waals surface area contributed by atoms with Crippen LogP contribution < -0.4 is 0 Å². The van der Waals surface area contributed by atoms with Crippen molar-refractivity contribution < 1.29 is 4.42 Å². The van der Waals surface area contributed by atoms with E-state index in [1.165, 1.54) is 0 Å². The van der Waals surface area contributed by atoms with E-state index in [1.807, 2.05) is 54.6 Å². The molecule has 3 aromatic rings. The summed E-state index contributed by atoms with van der Waals surface area (Å²) in [5.41, 5.74) is 2.58. The molecule has 0 saturated carbocycles. The quantitative estimate of drug-likeness (QED) is 0.605. The van der Waals surface area contributed by atoms with Gasteiger partial charge < -0.3 is 4.42 Å². The van der Waals surface area contributed by atoms with Crippen LogP contribution >= 0.6 is 23.2 Å². The first-order chi connectivity index (χ1) is 9.78. The Labute approximate surface area is 127 Å². The molecule has 4 heteroatoms. The number of nitrogens with zero attached hydrogens (tertiary/aromatic N) is 1. The van der Waals surface area contributed by atoms with Crippen LogP contribution in [-0.2, 0) is 5.88 Å². The molecule has 100 valence electrons. The lowest BCUT2D eigenvalue weighted by Gasteiger charge is -1.97. The minimum Gasteiger partial charge on any atom is -0.436 e. The highest BCUT2D eigenvalue weighted by Gasteiger charge is 2.15. The van der Waals surface area contributed by atoms with Gasteiger partial charge in [0.25, 0.3) is 0 Å². The predicted octanol–water partition coefficient (Wildman–Crippen LogP) is 5.40. The van der Waals surface area contributed by atoms with Gasteiger partial charge in [0.2, 0.25) is 5.89 Å². The van der Waals surface area contributed by atoms with Crippen LogP contribution in [0.15, 0.2) is 59.0 Å². The molecule has 0 amide bonds. The second-order valence-corrected chi connectivity index (χ2v) is 5.01. The molecule has 0 aliphatic heterocycles. The van der Waals surface area contributed by atoms with Gasteiger partial charge in [0.15, 0.2) is 5.76 Å². The Morgan fingerprint density at radius 1 is 0.900 bits per heavy atom. The molecule has 1 heterocycles. The van der Waals surface area contributed by atoms with Crippen molar-refractivity contribution in [3.63, 3.8) is 0 Å².